The molecular weight excluding hydrogens is 114 g/mol. The second-order valence-corrected chi connectivity index (χ2v) is 1.97. The van der Waals surface area contributed by atoms with E-state index in [1.807, 2.05) is 13.8 Å². The average molecular weight is 123 g/mol. The predicted molar refractivity (Wildman–Crippen MR) is 35.9 cm³/mol. The summed E-state index contributed by atoms with van der Waals surface area (Å²) in [6.07, 6.45) is 1.56. The van der Waals surface area contributed by atoms with Crippen molar-refractivity contribution in [1.82, 2.24) is 9.97 Å². The lowest BCUT2D eigenvalue weighted by Crippen LogP contribution is -1.96. The molecule has 0 aromatic carbocycles. The van der Waals surface area contributed by atoms with Crippen LogP contribution in [0.1, 0.15) is 11.4 Å². The van der Waals surface area contributed by atoms with Gasteiger partial charge in [0.05, 0.1) is 17.6 Å². The molecule has 0 aliphatic carbocycles. The molecule has 0 aliphatic rings. The Labute approximate surface area is 53.9 Å². The van der Waals surface area contributed by atoms with Gasteiger partial charge in [0.15, 0.2) is 0 Å². The lowest BCUT2D eigenvalue weighted by molar-refractivity contribution is 1.06. The summed E-state index contributed by atoms with van der Waals surface area (Å²) in [5, 5.41) is 0. The average Bonchev–Trinajstić information content (AvgIpc) is 1.80. The first-order valence-corrected chi connectivity index (χ1v) is 2.76. The van der Waals surface area contributed by atoms with Crippen LogP contribution in [0.2, 0.25) is 0 Å². The third-order valence-corrected chi connectivity index (χ3v) is 1.21. The van der Waals surface area contributed by atoms with Gasteiger partial charge in [0.25, 0.3) is 0 Å². The minimum atomic E-state index is 0.484. The van der Waals surface area contributed by atoms with E-state index < -0.39 is 0 Å². The Morgan fingerprint density at radius 2 is 2.00 bits per heavy atom. The van der Waals surface area contributed by atoms with Gasteiger partial charge in [0.2, 0.25) is 0 Å². The van der Waals surface area contributed by atoms with Crippen LogP contribution in [-0.2, 0) is 0 Å². The number of aryl methyl sites for hydroxylation is 2. The second-order valence-electron chi connectivity index (χ2n) is 1.97. The highest BCUT2D eigenvalue weighted by atomic mass is 14.9. The van der Waals surface area contributed by atoms with Crippen LogP contribution in [-0.4, -0.2) is 9.97 Å². The molecule has 1 heterocycles. The fourth-order valence-electron chi connectivity index (χ4n) is 0.560. The van der Waals surface area contributed by atoms with E-state index in [2.05, 4.69) is 9.97 Å². The molecule has 0 spiro atoms. The maximum absolute atomic E-state index is 5.35. The van der Waals surface area contributed by atoms with Crippen molar-refractivity contribution in [3.63, 3.8) is 0 Å². The van der Waals surface area contributed by atoms with E-state index in [1.54, 1.807) is 6.20 Å². The van der Waals surface area contributed by atoms with Gasteiger partial charge >= 0.3 is 0 Å². The molecule has 0 saturated carbocycles. The molecule has 0 unspecified atom stereocenters. The van der Waals surface area contributed by atoms with Crippen molar-refractivity contribution in [2.75, 3.05) is 5.73 Å². The molecule has 0 saturated heterocycles. The first-order chi connectivity index (χ1) is 4.20. The Morgan fingerprint density at radius 1 is 1.33 bits per heavy atom. The van der Waals surface area contributed by atoms with Gasteiger partial charge in [-0.2, -0.15) is 0 Å². The SMILES string of the molecule is Cc1ncc(N)nc1C. The number of nitrogens with two attached hydrogens (primary N) is 1. The highest BCUT2D eigenvalue weighted by molar-refractivity contribution is 5.26. The smallest absolute Gasteiger partial charge is 0.142 e. The van der Waals surface area contributed by atoms with E-state index in [0.717, 1.165) is 11.4 Å². The molecule has 3 heteroatoms. The molecule has 48 valence electrons. The van der Waals surface area contributed by atoms with Gasteiger partial charge in [0.1, 0.15) is 5.82 Å². The molecule has 0 atom stereocenters. The normalized spacial score (nSPS) is 9.56. The minimum absolute atomic E-state index is 0.484. The summed E-state index contributed by atoms with van der Waals surface area (Å²) in [5.74, 6) is 0.484. The molecule has 0 aliphatic heterocycles. The van der Waals surface area contributed by atoms with Gasteiger partial charge in [-0.05, 0) is 13.8 Å². The van der Waals surface area contributed by atoms with Crippen molar-refractivity contribution in [2.45, 2.75) is 13.8 Å². The summed E-state index contributed by atoms with van der Waals surface area (Å²) >= 11 is 0. The number of hydrogen-bond donors (Lipinski definition) is 1. The summed E-state index contributed by atoms with van der Waals surface area (Å²) in [5.41, 5.74) is 7.19. The third kappa shape index (κ3) is 1.16. The van der Waals surface area contributed by atoms with Crippen molar-refractivity contribution in [1.29, 1.82) is 0 Å². The van der Waals surface area contributed by atoms with Crippen LogP contribution in [0, 0.1) is 13.8 Å². The molecule has 0 amide bonds. The lowest BCUT2D eigenvalue weighted by Gasteiger charge is -1.96. The van der Waals surface area contributed by atoms with Crippen LogP contribution in [0.4, 0.5) is 5.82 Å². The topological polar surface area (TPSA) is 51.8 Å². The molecule has 1 aromatic rings. The van der Waals surface area contributed by atoms with Gasteiger partial charge in [-0.25, -0.2) is 4.98 Å². The lowest BCUT2D eigenvalue weighted by atomic mass is 10.3. The van der Waals surface area contributed by atoms with Crippen LogP contribution < -0.4 is 5.73 Å². The fraction of sp³-hybridized carbons (Fsp3) is 0.333. The van der Waals surface area contributed by atoms with Crippen LogP contribution in [0.3, 0.4) is 0 Å². The molecule has 0 fully saturated rings. The molecule has 9 heavy (non-hydrogen) atoms. The Kier molecular flexibility index (Phi) is 1.34. The minimum Gasteiger partial charge on any atom is -0.382 e. The van der Waals surface area contributed by atoms with E-state index in [1.165, 1.54) is 0 Å². The van der Waals surface area contributed by atoms with Crippen LogP contribution >= 0.6 is 0 Å². The quantitative estimate of drug-likeness (QED) is 0.551. The van der Waals surface area contributed by atoms with Gasteiger partial charge in [-0.3, -0.25) is 4.98 Å². The van der Waals surface area contributed by atoms with E-state index >= 15 is 0 Å². The van der Waals surface area contributed by atoms with E-state index in [0.29, 0.717) is 5.82 Å². The summed E-state index contributed by atoms with van der Waals surface area (Å²) in [6, 6.07) is 0. The van der Waals surface area contributed by atoms with Crippen LogP contribution in [0.25, 0.3) is 0 Å². The van der Waals surface area contributed by atoms with Crippen molar-refractivity contribution in [3.8, 4) is 0 Å². The molecule has 2 N–H and O–H groups in total. The standard InChI is InChI=1S/C6H9N3/c1-4-5(2)9-6(7)3-8-4/h3H,1-2H3,(H2,7,9). The van der Waals surface area contributed by atoms with Crippen LogP contribution in [0.5, 0.6) is 0 Å². The van der Waals surface area contributed by atoms with Crippen molar-refractivity contribution >= 4 is 5.82 Å². The first-order valence-electron chi connectivity index (χ1n) is 2.76. The monoisotopic (exact) mass is 123 g/mol. The second kappa shape index (κ2) is 2.01. The van der Waals surface area contributed by atoms with Gasteiger partial charge in [0, 0.05) is 0 Å². The zero-order valence-electron chi connectivity index (χ0n) is 5.55. The van der Waals surface area contributed by atoms with Gasteiger partial charge in [-0.15, -0.1) is 0 Å². The predicted octanol–water partition coefficient (Wildman–Crippen LogP) is 0.676. The highest BCUT2D eigenvalue weighted by Gasteiger charge is 1.92. The van der Waals surface area contributed by atoms with E-state index in [-0.39, 0.29) is 0 Å². The summed E-state index contributed by atoms with van der Waals surface area (Å²) < 4.78 is 0. The van der Waals surface area contributed by atoms with Crippen molar-refractivity contribution < 1.29 is 0 Å². The Morgan fingerprint density at radius 3 is 2.44 bits per heavy atom. The van der Waals surface area contributed by atoms with Crippen LogP contribution in [0.15, 0.2) is 6.20 Å². The number of nitrogens with zero attached hydrogens (tertiary/aromatic N) is 2. The third-order valence-electron chi connectivity index (χ3n) is 1.21. The summed E-state index contributed by atoms with van der Waals surface area (Å²) in [4.78, 5) is 7.98. The molecular formula is C6H9N3. The van der Waals surface area contributed by atoms with Gasteiger partial charge in [-0.1, -0.05) is 0 Å². The summed E-state index contributed by atoms with van der Waals surface area (Å²) in [7, 11) is 0. The van der Waals surface area contributed by atoms with E-state index in [4.69, 9.17) is 5.73 Å². The van der Waals surface area contributed by atoms with E-state index in [9.17, 15) is 0 Å². The number of anilines is 1. The zero-order chi connectivity index (χ0) is 6.85. The first kappa shape index (κ1) is 6.01. The van der Waals surface area contributed by atoms with Crippen molar-refractivity contribution in [2.24, 2.45) is 0 Å². The molecule has 3 nitrogen and oxygen atoms in total. The maximum Gasteiger partial charge on any atom is 0.142 e. The van der Waals surface area contributed by atoms with Gasteiger partial charge < -0.3 is 5.73 Å². The molecule has 0 radical (unpaired) electrons. The van der Waals surface area contributed by atoms with Crippen molar-refractivity contribution in [3.05, 3.63) is 17.6 Å². The molecule has 1 rings (SSSR count). The maximum atomic E-state index is 5.35. The molecule has 0 bridgehead atoms. The highest BCUT2D eigenvalue weighted by Crippen LogP contribution is 2.00. The Hall–Kier alpha value is -1.12. The molecule has 1 aromatic heterocycles. The Bertz CT molecular complexity index is 220. The Balaban J connectivity index is 3.17. The summed E-state index contributed by atoms with van der Waals surface area (Å²) in [6.45, 7) is 3.79. The number of hydrogen-bond acceptors (Lipinski definition) is 3. The zero-order valence-corrected chi connectivity index (χ0v) is 5.55. The largest absolute Gasteiger partial charge is 0.382 e. The number of rotatable bonds is 0. The fourth-order valence-corrected chi connectivity index (χ4v) is 0.560. The number of aromatic nitrogens is 2. The number of nitrogen functional groups attached to an aromatic ring is 1.